The van der Waals surface area contributed by atoms with Crippen LogP contribution < -0.4 is 10.5 Å². The van der Waals surface area contributed by atoms with Crippen LogP contribution in [-0.4, -0.2) is 19.3 Å². The fraction of sp³-hybridized carbons (Fsp3) is 0.400. The minimum absolute atomic E-state index is 0.0686. The van der Waals surface area contributed by atoms with E-state index in [1.807, 2.05) is 0 Å². The van der Waals surface area contributed by atoms with Gasteiger partial charge in [0, 0.05) is 12.6 Å². The summed E-state index contributed by atoms with van der Waals surface area (Å²) >= 11 is 5.45. The van der Waals surface area contributed by atoms with Crippen molar-refractivity contribution in [3.8, 4) is 5.75 Å². The van der Waals surface area contributed by atoms with Crippen molar-refractivity contribution >= 4 is 11.6 Å². The highest BCUT2D eigenvalue weighted by Crippen LogP contribution is 2.27. The Morgan fingerprint density at radius 2 is 2.00 bits per heavy atom. The molecule has 2 N–H and O–H groups in total. The van der Waals surface area contributed by atoms with Crippen molar-refractivity contribution < 1.29 is 22.3 Å². The molecule has 1 unspecified atom stereocenters. The van der Waals surface area contributed by atoms with E-state index in [9.17, 15) is 17.6 Å². The van der Waals surface area contributed by atoms with Gasteiger partial charge < -0.3 is 10.5 Å². The third kappa shape index (κ3) is 4.05. The molecule has 7 heteroatoms. The average molecular weight is 272 g/mol. The Kier molecular flexibility index (Phi) is 4.59. The quantitative estimate of drug-likeness (QED) is 0.855. The molecule has 0 bridgehead atoms. The molecule has 17 heavy (non-hydrogen) atoms. The second kappa shape index (κ2) is 5.55. The maximum atomic E-state index is 12.8. The van der Waals surface area contributed by atoms with E-state index in [1.165, 1.54) is 6.07 Å². The lowest BCUT2D eigenvalue weighted by atomic mass is 10.1. The summed E-state index contributed by atoms with van der Waals surface area (Å²) in [7, 11) is 0. The van der Waals surface area contributed by atoms with E-state index in [0.29, 0.717) is 0 Å². The first-order valence-electron chi connectivity index (χ1n) is 4.69. The molecule has 0 aromatic heterocycles. The molecule has 0 amide bonds. The SMILES string of the molecule is NCC(COc1ccc(F)c(Cl)c1)C(F)(F)F. The highest BCUT2D eigenvalue weighted by atomic mass is 35.5. The van der Waals surface area contributed by atoms with Crippen LogP contribution in [0.15, 0.2) is 18.2 Å². The summed E-state index contributed by atoms with van der Waals surface area (Å²) in [4.78, 5) is 0. The molecule has 0 spiro atoms. The second-order valence-corrected chi connectivity index (χ2v) is 3.77. The van der Waals surface area contributed by atoms with Crippen LogP contribution in [0.25, 0.3) is 0 Å². The number of halogens is 5. The van der Waals surface area contributed by atoms with E-state index in [4.69, 9.17) is 22.1 Å². The molecular formula is C10H10ClF4NO. The first kappa shape index (κ1) is 14.1. The number of nitrogens with two attached hydrogens (primary N) is 1. The summed E-state index contributed by atoms with van der Waals surface area (Å²) < 4.78 is 54.6. The van der Waals surface area contributed by atoms with Gasteiger partial charge in [0.15, 0.2) is 0 Å². The Hall–Kier alpha value is -1.01. The molecule has 1 aromatic rings. The molecule has 1 aromatic carbocycles. The first-order chi connectivity index (χ1) is 7.84. The number of benzene rings is 1. The van der Waals surface area contributed by atoms with E-state index in [1.54, 1.807) is 0 Å². The molecule has 0 saturated heterocycles. The average Bonchev–Trinajstić information content (AvgIpc) is 2.22. The molecule has 0 aliphatic heterocycles. The summed E-state index contributed by atoms with van der Waals surface area (Å²) in [6.45, 7) is -1.19. The van der Waals surface area contributed by atoms with Crippen molar-refractivity contribution in [2.45, 2.75) is 6.18 Å². The van der Waals surface area contributed by atoms with Crippen molar-refractivity contribution in [3.63, 3.8) is 0 Å². The molecule has 0 aliphatic rings. The van der Waals surface area contributed by atoms with Gasteiger partial charge in [-0.15, -0.1) is 0 Å². The fourth-order valence-electron chi connectivity index (χ4n) is 1.06. The maximum Gasteiger partial charge on any atom is 0.396 e. The summed E-state index contributed by atoms with van der Waals surface area (Å²) in [5.74, 6) is -2.35. The summed E-state index contributed by atoms with van der Waals surface area (Å²) in [6.07, 6.45) is -4.42. The summed E-state index contributed by atoms with van der Waals surface area (Å²) in [5.41, 5.74) is 4.99. The highest BCUT2D eigenvalue weighted by molar-refractivity contribution is 6.30. The third-order valence-electron chi connectivity index (χ3n) is 2.09. The van der Waals surface area contributed by atoms with Gasteiger partial charge in [0.1, 0.15) is 24.1 Å². The maximum absolute atomic E-state index is 12.8. The van der Waals surface area contributed by atoms with Crippen LogP contribution in [0.3, 0.4) is 0 Å². The van der Waals surface area contributed by atoms with Crippen LogP contribution in [0.4, 0.5) is 17.6 Å². The molecular weight excluding hydrogens is 262 g/mol. The van der Waals surface area contributed by atoms with Gasteiger partial charge in [0.2, 0.25) is 0 Å². The minimum atomic E-state index is -4.42. The van der Waals surface area contributed by atoms with E-state index in [-0.39, 0.29) is 10.8 Å². The predicted octanol–water partition coefficient (Wildman–Crippen LogP) is 3.00. The van der Waals surface area contributed by atoms with E-state index < -0.39 is 31.1 Å². The largest absolute Gasteiger partial charge is 0.493 e. The van der Waals surface area contributed by atoms with Crippen molar-refractivity contribution in [2.75, 3.05) is 13.2 Å². The highest BCUT2D eigenvalue weighted by Gasteiger charge is 2.39. The number of hydrogen-bond acceptors (Lipinski definition) is 2. The third-order valence-corrected chi connectivity index (χ3v) is 2.38. The fourth-order valence-corrected chi connectivity index (χ4v) is 1.23. The van der Waals surface area contributed by atoms with Crippen molar-refractivity contribution in [1.82, 2.24) is 0 Å². The van der Waals surface area contributed by atoms with E-state index in [0.717, 1.165) is 12.1 Å². The van der Waals surface area contributed by atoms with Gasteiger partial charge in [-0.1, -0.05) is 11.6 Å². The zero-order valence-electron chi connectivity index (χ0n) is 8.60. The van der Waals surface area contributed by atoms with Crippen molar-refractivity contribution in [3.05, 3.63) is 29.0 Å². The van der Waals surface area contributed by atoms with Crippen molar-refractivity contribution in [1.29, 1.82) is 0 Å². The topological polar surface area (TPSA) is 35.2 Å². The zero-order valence-corrected chi connectivity index (χ0v) is 9.35. The monoisotopic (exact) mass is 271 g/mol. The number of ether oxygens (including phenoxy) is 1. The lowest BCUT2D eigenvalue weighted by Crippen LogP contribution is -2.35. The van der Waals surface area contributed by atoms with Gasteiger partial charge >= 0.3 is 6.18 Å². The van der Waals surface area contributed by atoms with Gasteiger partial charge in [-0.25, -0.2) is 4.39 Å². The molecule has 2 nitrogen and oxygen atoms in total. The van der Waals surface area contributed by atoms with Gasteiger partial charge in [-0.3, -0.25) is 0 Å². The molecule has 1 rings (SSSR count). The smallest absolute Gasteiger partial charge is 0.396 e. The van der Waals surface area contributed by atoms with E-state index in [2.05, 4.69) is 0 Å². The Labute approximate surface area is 100 Å². The molecule has 96 valence electrons. The van der Waals surface area contributed by atoms with Crippen molar-refractivity contribution in [2.24, 2.45) is 11.7 Å². The van der Waals surface area contributed by atoms with Crippen LogP contribution in [0.2, 0.25) is 5.02 Å². The minimum Gasteiger partial charge on any atom is -0.493 e. The Morgan fingerprint density at radius 3 is 2.47 bits per heavy atom. The number of rotatable bonds is 4. The first-order valence-corrected chi connectivity index (χ1v) is 5.07. The molecule has 0 fully saturated rings. The summed E-state index contributed by atoms with van der Waals surface area (Å²) in [6, 6.07) is 3.33. The zero-order chi connectivity index (χ0) is 13.1. The number of alkyl halides is 3. The Bertz CT molecular complexity index is 383. The van der Waals surface area contributed by atoms with E-state index >= 15 is 0 Å². The van der Waals surface area contributed by atoms with Gasteiger partial charge in [-0.2, -0.15) is 13.2 Å². The molecule has 0 radical (unpaired) electrons. The molecule has 0 heterocycles. The lowest BCUT2D eigenvalue weighted by Gasteiger charge is -2.18. The molecule has 1 atom stereocenters. The molecule has 0 aliphatic carbocycles. The normalized spacial score (nSPS) is 13.5. The number of hydrogen-bond donors (Lipinski definition) is 1. The Balaban J connectivity index is 2.63. The lowest BCUT2D eigenvalue weighted by molar-refractivity contribution is -0.178. The van der Waals surface area contributed by atoms with Crippen LogP contribution in [0, 0.1) is 11.7 Å². The standard InChI is InChI=1S/C10H10ClF4NO/c11-8-3-7(1-2-9(8)12)17-5-6(4-16)10(13,14)15/h1-3,6H,4-5,16H2. The van der Waals surface area contributed by atoms with Crippen LogP contribution in [0.1, 0.15) is 0 Å². The van der Waals surface area contributed by atoms with Crippen LogP contribution in [0.5, 0.6) is 5.75 Å². The van der Waals surface area contributed by atoms with Gasteiger partial charge in [-0.05, 0) is 12.1 Å². The van der Waals surface area contributed by atoms with Gasteiger partial charge in [0.05, 0.1) is 5.02 Å². The second-order valence-electron chi connectivity index (χ2n) is 3.36. The Morgan fingerprint density at radius 1 is 1.35 bits per heavy atom. The molecule has 0 saturated carbocycles. The summed E-state index contributed by atoms with van der Waals surface area (Å²) in [5, 5.41) is -0.209. The van der Waals surface area contributed by atoms with Gasteiger partial charge in [0.25, 0.3) is 0 Å². The van der Waals surface area contributed by atoms with Crippen LogP contribution >= 0.6 is 11.6 Å². The van der Waals surface area contributed by atoms with Crippen LogP contribution in [-0.2, 0) is 0 Å². The predicted molar refractivity (Wildman–Crippen MR) is 55.5 cm³/mol.